The van der Waals surface area contributed by atoms with Crippen LogP contribution in [0.25, 0.3) is 0 Å². The van der Waals surface area contributed by atoms with Crippen LogP contribution in [0.3, 0.4) is 0 Å². The van der Waals surface area contributed by atoms with E-state index in [2.05, 4.69) is 4.74 Å². The van der Waals surface area contributed by atoms with Crippen LogP contribution in [0.1, 0.15) is 19.8 Å². The molecule has 1 atom stereocenters. The largest absolute Gasteiger partial charge is 0.466 e. The molecule has 0 saturated carbocycles. The van der Waals surface area contributed by atoms with Gasteiger partial charge in [-0.2, -0.15) is 0 Å². The van der Waals surface area contributed by atoms with E-state index in [1.807, 2.05) is 0 Å². The second-order valence-corrected chi connectivity index (χ2v) is 2.32. The number of ether oxygens (including phenoxy) is 1. The Kier molecular flexibility index (Phi) is 5.78. The molecular formula is C7H14O4. The van der Waals surface area contributed by atoms with Crippen molar-refractivity contribution in [1.82, 2.24) is 0 Å². The Balaban J connectivity index is 3.08. The van der Waals surface area contributed by atoms with E-state index in [-0.39, 0.29) is 12.6 Å². The van der Waals surface area contributed by atoms with Crippen molar-refractivity contribution in [3.63, 3.8) is 0 Å². The standard InChI is InChI=1S/C7H14O4/c1-6(9)11-4-2-3-7(10)5-8/h7-8,10H,2-5H2,1H3. The van der Waals surface area contributed by atoms with Gasteiger partial charge in [-0.1, -0.05) is 0 Å². The molecule has 0 rings (SSSR count). The maximum absolute atomic E-state index is 10.2. The van der Waals surface area contributed by atoms with Gasteiger partial charge in [-0.25, -0.2) is 0 Å². The van der Waals surface area contributed by atoms with Gasteiger partial charge < -0.3 is 14.9 Å². The average Bonchev–Trinajstić information content (AvgIpc) is 1.97. The van der Waals surface area contributed by atoms with Crippen LogP contribution in [0.5, 0.6) is 0 Å². The smallest absolute Gasteiger partial charge is 0.302 e. The van der Waals surface area contributed by atoms with Crippen LogP contribution in [0.4, 0.5) is 0 Å². The van der Waals surface area contributed by atoms with Crippen molar-refractivity contribution in [2.75, 3.05) is 13.2 Å². The van der Waals surface area contributed by atoms with Crippen molar-refractivity contribution < 1.29 is 19.7 Å². The fourth-order valence-corrected chi connectivity index (χ4v) is 0.626. The average molecular weight is 162 g/mol. The third-order valence-electron chi connectivity index (χ3n) is 1.20. The van der Waals surface area contributed by atoms with E-state index < -0.39 is 6.10 Å². The highest BCUT2D eigenvalue weighted by Gasteiger charge is 2.01. The van der Waals surface area contributed by atoms with Gasteiger partial charge >= 0.3 is 5.97 Å². The predicted molar refractivity (Wildman–Crippen MR) is 39.0 cm³/mol. The summed E-state index contributed by atoms with van der Waals surface area (Å²) in [7, 11) is 0. The fourth-order valence-electron chi connectivity index (χ4n) is 0.626. The first-order valence-corrected chi connectivity index (χ1v) is 3.59. The minimum absolute atomic E-state index is 0.236. The van der Waals surface area contributed by atoms with Crippen molar-refractivity contribution in [2.45, 2.75) is 25.9 Å². The molecule has 0 aliphatic carbocycles. The summed E-state index contributed by atoms with van der Waals surface area (Å²) >= 11 is 0. The Morgan fingerprint density at radius 1 is 1.64 bits per heavy atom. The number of hydrogen-bond acceptors (Lipinski definition) is 4. The van der Waals surface area contributed by atoms with E-state index in [9.17, 15) is 4.79 Å². The summed E-state index contributed by atoms with van der Waals surface area (Å²) < 4.78 is 4.61. The normalized spacial score (nSPS) is 12.6. The Bertz CT molecular complexity index is 113. The number of carbonyl (C=O) groups is 1. The molecule has 2 N–H and O–H groups in total. The Morgan fingerprint density at radius 3 is 2.73 bits per heavy atom. The predicted octanol–water partition coefficient (Wildman–Crippen LogP) is -0.317. The van der Waals surface area contributed by atoms with Crippen LogP contribution >= 0.6 is 0 Å². The molecule has 0 aromatic heterocycles. The summed E-state index contributed by atoms with van der Waals surface area (Å²) in [6, 6.07) is 0. The maximum Gasteiger partial charge on any atom is 0.302 e. The van der Waals surface area contributed by atoms with E-state index in [0.717, 1.165) is 0 Å². The van der Waals surface area contributed by atoms with Crippen LogP contribution in [0, 0.1) is 0 Å². The van der Waals surface area contributed by atoms with Crippen molar-refractivity contribution in [3.8, 4) is 0 Å². The highest BCUT2D eigenvalue weighted by molar-refractivity contribution is 5.65. The molecule has 4 nitrogen and oxygen atoms in total. The van der Waals surface area contributed by atoms with Gasteiger partial charge in [0.15, 0.2) is 0 Å². The maximum atomic E-state index is 10.2. The van der Waals surface area contributed by atoms with E-state index >= 15 is 0 Å². The molecule has 11 heavy (non-hydrogen) atoms. The molecule has 0 radical (unpaired) electrons. The van der Waals surface area contributed by atoms with Crippen LogP contribution in [0.2, 0.25) is 0 Å². The van der Waals surface area contributed by atoms with Crippen molar-refractivity contribution in [3.05, 3.63) is 0 Å². The van der Waals surface area contributed by atoms with Gasteiger partial charge in [0, 0.05) is 6.92 Å². The molecule has 0 aliphatic rings. The van der Waals surface area contributed by atoms with E-state index in [4.69, 9.17) is 10.2 Å². The van der Waals surface area contributed by atoms with Gasteiger partial charge in [0.2, 0.25) is 0 Å². The molecule has 0 amide bonds. The third-order valence-corrected chi connectivity index (χ3v) is 1.20. The summed E-state index contributed by atoms with van der Waals surface area (Å²) in [5.74, 6) is -0.316. The molecule has 0 aliphatic heterocycles. The zero-order valence-electron chi connectivity index (χ0n) is 6.62. The second kappa shape index (κ2) is 6.12. The Morgan fingerprint density at radius 2 is 2.27 bits per heavy atom. The first-order valence-electron chi connectivity index (χ1n) is 3.59. The van der Waals surface area contributed by atoms with Crippen LogP contribution in [0.15, 0.2) is 0 Å². The number of carbonyl (C=O) groups excluding carboxylic acids is 1. The topological polar surface area (TPSA) is 66.8 Å². The SMILES string of the molecule is CC(=O)OCCCC(O)CO. The van der Waals surface area contributed by atoms with Gasteiger partial charge in [0.05, 0.1) is 19.3 Å². The van der Waals surface area contributed by atoms with Crippen molar-refractivity contribution >= 4 is 5.97 Å². The summed E-state index contributed by atoms with van der Waals surface area (Å²) in [5.41, 5.74) is 0. The summed E-state index contributed by atoms with van der Waals surface area (Å²) in [6.07, 6.45) is 0.357. The van der Waals surface area contributed by atoms with Crippen LogP contribution < -0.4 is 0 Å². The van der Waals surface area contributed by atoms with Gasteiger partial charge in [0.25, 0.3) is 0 Å². The summed E-state index contributed by atoms with van der Waals surface area (Å²) in [6.45, 7) is 1.41. The monoisotopic (exact) mass is 162 g/mol. The lowest BCUT2D eigenvalue weighted by atomic mass is 10.2. The van der Waals surface area contributed by atoms with Crippen molar-refractivity contribution in [1.29, 1.82) is 0 Å². The van der Waals surface area contributed by atoms with Crippen LogP contribution in [-0.2, 0) is 9.53 Å². The Hall–Kier alpha value is -0.610. The first-order chi connectivity index (χ1) is 5.16. The molecule has 4 heteroatoms. The van der Waals surface area contributed by atoms with Gasteiger partial charge in [-0.05, 0) is 12.8 Å². The zero-order valence-corrected chi connectivity index (χ0v) is 6.62. The first kappa shape index (κ1) is 10.4. The lowest BCUT2D eigenvalue weighted by molar-refractivity contribution is -0.141. The lowest BCUT2D eigenvalue weighted by Gasteiger charge is -2.05. The van der Waals surface area contributed by atoms with Gasteiger partial charge in [0.1, 0.15) is 0 Å². The quantitative estimate of drug-likeness (QED) is 0.429. The van der Waals surface area contributed by atoms with Crippen LogP contribution in [-0.4, -0.2) is 35.5 Å². The second-order valence-electron chi connectivity index (χ2n) is 2.32. The molecule has 0 spiro atoms. The minimum atomic E-state index is -0.689. The fraction of sp³-hybridized carbons (Fsp3) is 0.857. The number of aliphatic hydroxyl groups is 2. The van der Waals surface area contributed by atoms with Crippen molar-refractivity contribution in [2.24, 2.45) is 0 Å². The molecular weight excluding hydrogens is 148 g/mol. The highest BCUT2D eigenvalue weighted by atomic mass is 16.5. The summed E-state index contributed by atoms with van der Waals surface area (Å²) in [5, 5.41) is 17.2. The van der Waals surface area contributed by atoms with E-state index in [1.165, 1.54) is 6.92 Å². The highest BCUT2D eigenvalue weighted by Crippen LogP contribution is 1.96. The Labute approximate surface area is 65.8 Å². The number of rotatable bonds is 5. The van der Waals surface area contributed by atoms with E-state index in [0.29, 0.717) is 19.4 Å². The molecule has 66 valence electrons. The summed E-state index contributed by atoms with van der Waals surface area (Å²) in [4.78, 5) is 10.2. The number of esters is 1. The molecule has 0 saturated heterocycles. The molecule has 0 bridgehead atoms. The number of aliphatic hydroxyl groups excluding tert-OH is 2. The molecule has 0 heterocycles. The third kappa shape index (κ3) is 7.29. The van der Waals surface area contributed by atoms with E-state index in [1.54, 1.807) is 0 Å². The van der Waals surface area contributed by atoms with Gasteiger partial charge in [-0.3, -0.25) is 4.79 Å². The number of hydrogen-bond donors (Lipinski definition) is 2. The molecule has 0 aromatic rings. The molecule has 0 fully saturated rings. The molecule has 1 unspecified atom stereocenters. The lowest BCUT2D eigenvalue weighted by Crippen LogP contribution is -2.13. The zero-order chi connectivity index (χ0) is 8.69. The molecule has 0 aromatic carbocycles. The minimum Gasteiger partial charge on any atom is -0.466 e. The van der Waals surface area contributed by atoms with Gasteiger partial charge in [-0.15, -0.1) is 0 Å².